The molecular weight excluding hydrogens is 420 g/mol. The normalized spacial score (nSPS) is 15.9. The van der Waals surface area contributed by atoms with Crippen LogP contribution in [0.4, 0.5) is 0 Å². The van der Waals surface area contributed by atoms with E-state index in [2.05, 4.69) is 20.7 Å². The second-order valence-corrected chi connectivity index (χ2v) is 6.83. The van der Waals surface area contributed by atoms with Crippen molar-refractivity contribution in [2.45, 2.75) is 0 Å². The standard InChI is InChI=1S/C18H15BrN2O4S/c1-20-14(17(23)21(18(20)26)10-16(22)24-2)9-13-7-8-15(25-13)11-3-5-12(19)6-4-11/h3-9H,10H2,1-2H3/b14-9-. The van der Waals surface area contributed by atoms with Gasteiger partial charge < -0.3 is 14.1 Å². The number of esters is 1. The zero-order chi connectivity index (χ0) is 18.8. The molecule has 2 heterocycles. The Bertz CT molecular complexity index is 904. The van der Waals surface area contributed by atoms with E-state index in [4.69, 9.17) is 16.6 Å². The van der Waals surface area contributed by atoms with Gasteiger partial charge >= 0.3 is 5.97 Å². The van der Waals surface area contributed by atoms with Gasteiger partial charge in [0.25, 0.3) is 5.91 Å². The van der Waals surface area contributed by atoms with Crippen LogP contribution in [-0.2, 0) is 14.3 Å². The van der Waals surface area contributed by atoms with E-state index >= 15 is 0 Å². The third-order valence-corrected chi connectivity index (χ3v) is 4.92. The van der Waals surface area contributed by atoms with Crippen molar-refractivity contribution in [3.05, 3.63) is 52.3 Å². The van der Waals surface area contributed by atoms with Crippen LogP contribution >= 0.6 is 28.1 Å². The molecule has 2 aromatic rings. The lowest BCUT2D eigenvalue weighted by molar-refractivity contribution is -0.143. The van der Waals surface area contributed by atoms with Gasteiger partial charge in [-0.25, -0.2) is 0 Å². The Kier molecular flexibility index (Phi) is 5.24. The van der Waals surface area contributed by atoms with Crippen LogP contribution < -0.4 is 0 Å². The zero-order valence-electron chi connectivity index (χ0n) is 14.1. The maximum Gasteiger partial charge on any atom is 0.325 e. The number of likely N-dealkylation sites (N-methyl/N-ethyl adjacent to an activating group) is 1. The largest absolute Gasteiger partial charge is 0.468 e. The fourth-order valence-electron chi connectivity index (χ4n) is 2.48. The quantitative estimate of drug-likeness (QED) is 0.418. The molecule has 1 aromatic carbocycles. The Morgan fingerprint density at radius 1 is 1.27 bits per heavy atom. The van der Waals surface area contributed by atoms with Crippen molar-refractivity contribution in [2.24, 2.45) is 0 Å². The van der Waals surface area contributed by atoms with Gasteiger partial charge in [0.15, 0.2) is 5.11 Å². The Hall–Kier alpha value is -2.45. The number of hydrogen-bond acceptors (Lipinski definition) is 5. The van der Waals surface area contributed by atoms with Crippen LogP contribution in [0.25, 0.3) is 17.4 Å². The highest BCUT2D eigenvalue weighted by molar-refractivity contribution is 9.10. The van der Waals surface area contributed by atoms with Crippen LogP contribution in [0.3, 0.4) is 0 Å². The van der Waals surface area contributed by atoms with Gasteiger partial charge in [-0.05, 0) is 36.5 Å². The number of amides is 1. The molecule has 0 spiro atoms. The Labute approximate surface area is 164 Å². The fourth-order valence-corrected chi connectivity index (χ4v) is 2.99. The highest BCUT2D eigenvalue weighted by Crippen LogP contribution is 2.27. The lowest BCUT2D eigenvalue weighted by Crippen LogP contribution is -2.36. The number of carbonyl (C=O) groups excluding carboxylic acids is 2. The van der Waals surface area contributed by atoms with Crippen LogP contribution in [-0.4, -0.2) is 47.5 Å². The fraction of sp³-hybridized carbons (Fsp3) is 0.167. The summed E-state index contributed by atoms with van der Waals surface area (Å²) in [5.74, 6) is 0.294. The number of furan rings is 1. The average molecular weight is 435 g/mol. The van der Waals surface area contributed by atoms with E-state index in [-0.39, 0.29) is 17.6 Å². The number of hydrogen-bond donors (Lipinski definition) is 0. The summed E-state index contributed by atoms with van der Waals surface area (Å²) < 4.78 is 11.4. The summed E-state index contributed by atoms with van der Waals surface area (Å²) in [5.41, 5.74) is 1.25. The van der Waals surface area contributed by atoms with Gasteiger partial charge in [0.2, 0.25) is 0 Å². The molecule has 3 rings (SSSR count). The monoisotopic (exact) mass is 434 g/mol. The van der Waals surface area contributed by atoms with E-state index in [1.54, 1.807) is 24.1 Å². The van der Waals surface area contributed by atoms with Crippen molar-refractivity contribution >= 4 is 51.2 Å². The average Bonchev–Trinajstić information content (AvgIpc) is 3.17. The molecule has 0 bridgehead atoms. The number of nitrogens with zero attached hydrogens (tertiary/aromatic N) is 2. The highest BCUT2D eigenvalue weighted by atomic mass is 79.9. The summed E-state index contributed by atoms with van der Waals surface area (Å²) in [6, 6.07) is 11.3. The number of methoxy groups -OCH3 is 1. The van der Waals surface area contributed by atoms with E-state index in [1.165, 1.54) is 12.0 Å². The van der Waals surface area contributed by atoms with Crippen LogP contribution in [0.2, 0.25) is 0 Å². The van der Waals surface area contributed by atoms with Crippen molar-refractivity contribution in [1.82, 2.24) is 9.80 Å². The van der Waals surface area contributed by atoms with E-state index in [0.29, 0.717) is 17.2 Å². The summed E-state index contributed by atoms with van der Waals surface area (Å²) in [6.45, 7) is -0.224. The molecule has 0 unspecified atom stereocenters. The van der Waals surface area contributed by atoms with Crippen molar-refractivity contribution in [2.75, 3.05) is 20.7 Å². The summed E-state index contributed by atoms with van der Waals surface area (Å²) >= 11 is 8.64. The predicted molar refractivity (Wildman–Crippen MR) is 104 cm³/mol. The van der Waals surface area contributed by atoms with E-state index in [1.807, 2.05) is 30.3 Å². The Balaban J connectivity index is 1.85. The van der Waals surface area contributed by atoms with Crippen LogP contribution in [0.5, 0.6) is 0 Å². The molecule has 0 N–H and O–H groups in total. The SMILES string of the molecule is COC(=O)CN1C(=O)/C(=C/c2ccc(-c3ccc(Br)cc3)o2)N(C)C1=S. The summed E-state index contributed by atoms with van der Waals surface area (Å²) in [6.07, 6.45) is 1.61. The molecule has 8 heteroatoms. The molecule has 1 saturated heterocycles. The van der Waals surface area contributed by atoms with E-state index in [0.717, 1.165) is 10.0 Å². The number of rotatable bonds is 4. The first-order chi connectivity index (χ1) is 12.4. The molecular formula is C18H15BrN2O4S. The zero-order valence-corrected chi connectivity index (χ0v) is 16.5. The summed E-state index contributed by atoms with van der Waals surface area (Å²) in [4.78, 5) is 26.8. The molecule has 1 aliphatic rings. The van der Waals surface area contributed by atoms with E-state index in [9.17, 15) is 9.59 Å². The molecule has 1 fully saturated rings. The van der Waals surface area contributed by atoms with Gasteiger partial charge in [0.1, 0.15) is 23.8 Å². The molecule has 1 aromatic heterocycles. The minimum Gasteiger partial charge on any atom is -0.468 e. The van der Waals surface area contributed by atoms with Gasteiger partial charge in [0, 0.05) is 23.2 Å². The van der Waals surface area contributed by atoms with Crippen LogP contribution in [0.1, 0.15) is 5.76 Å². The second kappa shape index (κ2) is 7.43. The van der Waals surface area contributed by atoms with Crippen molar-refractivity contribution in [1.29, 1.82) is 0 Å². The third kappa shape index (κ3) is 3.56. The Morgan fingerprint density at radius 3 is 2.62 bits per heavy atom. The summed E-state index contributed by atoms with van der Waals surface area (Å²) in [5, 5.41) is 0.242. The molecule has 0 saturated carbocycles. The maximum absolute atomic E-state index is 12.6. The first kappa shape index (κ1) is 18.3. The minimum absolute atomic E-state index is 0.224. The van der Waals surface area contributed by atoms with E-state index < -0.39 is 5.97 Å². The van der Waals surface area contributed by atoms with Gasteiger partial charge in [-0.15, -0.1) is 0 Å². The number of thiocarbonyl (C=S) groups is 1. The van der Waals surface area contributed by atoms with Crippen molar-refractivity contribution in [3.8, 4) is 11.3 Å². The smallest absolute Gasteiger partial charge is 0.325 e. The molecule has 26 heavy (non-hydrogen) atoms. The van der Waals surface area contributed by atoms with Gasteiger partial charge in [-0.3, -0.25) is 14.5 Å². The maximum atomic E-state index is 12.6. The van der Waals surface area contributed by atoms with Crippen LogP contribution in [0.15, 0.2) is 51.0 Å². The van der Waals surface area contributed by atoms with Crippen molar-refractivity contribution in [3.63, 3.8) is 0 Å². The molecule has 6 nitrogen and oxygen atoms in total. The first-order valence-electron chi connectivity index (χ1n) is 7.64. The van der Waals surface area contributed by atoms with Crippen LogP contribution in [0, 0.1) is 0 Å². The summed E-state index contributed by atoms with van der Waals surface area (Å²) in [7, 11) is 2.93. The number of carbonyl (C=O) groups is 2. The number of halogens is 1. The molecule has 0 atom stereocenters. The Morgan fingerprint density at radius 2 is 1.96 bits per heavy atom. The lowest BCUT2D eigenvalue weighted by atomic mass is 10.2. The van der Waals surface area contributed by atoms with Gasteiger partial charge in [0.05, 0.1) is 7.11 Å². The second-order valence-electron chi connectivity index (χ2n) is 5.55. The molecule has 0 aliphatic carbocycles. The first-order valence-corrected chi connectivity index (χ1v) is 8.84. The van der Waals surface area contributed by atoms with Crippen molar-refractivity contribution < 1.29 is 18.7 Å². The van der Waals surface area contributed by atoms with Gasteiger partial charge in [-0.2, -0.15) is 0 Å². The lowest BCUT2D eigenvalue weighted by Gasteiger charge is -2.14. The molecule has 1 aliphatic heterocycles. The minimum atomic E-state index is -0.536. The highest BCUT2D eigenvalue weighted by Gasteiger charge is 2.37. The van der Waals surface area contributed by atoms with Gasteiger partial charge in [-0.1, -0.05) is 28.1 Å². The molecule has 134 valence electrons. The molecule has 1 amide bonds. The predicted octanol–water partition coefficient (Wildman–Crippen LogP) is 3.28. The number of benzene rings is 1. The number of ether oxygens (including phenoxy) is 1. The third-order valence-electron chi connectivity index (χ3n) is 3.89. The molecule has 0 radical (unpaired) electrons. The topological polar surface area (TPSA) is 63.0 Å².